The Bertz CT molecular complexity index is 861. The van der Waals surface area contributed by atoms with E-state index in [9.17, 15) is 4.79 Å². The molecule has 0 bridgehead atoms. The van der Waals surface area contributed by atoms with Crippen molar-refractivity contribution >= 4 is 18.3 Å². The second-order valence-corrected chi connectivity index (χ2v) is 6.25. The van der Waals surface area contributed by atoms with E-state index in [0.29, 0.717) is 30.2 Å². The third-order valence-electron chi connectivity index (χ3n) is 4.36. The molecular formula is C19H21ClN4O2. The maximum Gasteiger partial charge on any atom is 0.272 e. The van der Waals surface area contributed by atoms with Crippen LogP contribution in [0.3, 0.4) is 0 Å². The van der Waals surface area contributed by atoms with E-state index in [2.05, 4.69) is 17.3 Å². The zero-order chi connectivity index (χ0) is 17.2. The molecule has 1 aliphatic heterocycles. The lowest BCUT2D eigenvalue weighted by atomic mass is 10.2. The number of nitrogens with one attached hydrogen (secondary N) is 1. The van der Waals surface area contributed by atoms with Crippen LogP contribution in [0.5, 0.6) is 0 Å². The van der Waals surface area contributed by atoms with E-state index < -0.39 is 0 Å². The fourth-order valence-corrected chi connectivity index (χ4v) is 3.12. The normalized spacial score (nSPS) is 17.0. The maximum absolute atomic E-state index is 13.1. The Morgan fingerprint density at radius 2 is 2.04 bits per heavy atom. The van der Waals surface area contributed by atoms with Crippen molar-refractivity contribution in [3.8, 4) is 17.1 Å². The number of amides is 1. The molecule has 26 heavy (non-hydrogen) atoms. The molecule has 1 saturated heterocycles. The molecule has 1 atom stereocenters. The van der Waals surface area contributed by atoms with Gasteiger partial charge in [-0.05, 0) is 31.2 Å². The fourth-order valence-electron chi connectivity index (χ4n) is 3.12. The summed E-state index contributed by atoms with van der Waals surface area (Å²) in [5, 5.41) is 7.98. The standard InChI is InChI=1S/C19H20N4O2.ClH/c1-14-13-22(10-9-20-14)19(24)17-12-16(18-8-5-11-25-18)21-23(17)15-6-3-2-4-7-15;/h2-8,11-12,14,20H,9-10,13H2,1H3;1H. The zero-order valence-electron chi connectivity index (χ0n) is 14.5. The zero-order valence-corrected chi connectivity index (χ0v) is 15.3. The molecule has 1 fully saturated rings. The molecular weight excluding hydrogens is 352 g/mol. The predicted molar refractivity (Wildman–Crippen MR) is 102 cm³/mol. The second-order valence-electron chi connectivity index (χ2n) is 6.25. The van der Waals surface area contributed by atoms with Crippen LogP contribution >= 0.6 is 12.4 Å². The van der Waals surface area contributed by atoms with Gasteiger partial charge in [0.25, 0.3) is 5.91 Å². The smallest absolute Gasteiger partial charge is 0.272 e. The van der Waals surface area contributed by atoms with Gasteiger partial charge in [0.1, 0.15) is 11.4 Å². The molecule has 7 heteroatoms. The number of piperazine rings is 1. The van der Waals surface area contributed by atoms with Gasteiger partial charge in [0.15, 0.2) is 5.76 Å². The van der Waals surface area contributed by atoms with E-state index >= 15 is 0 Å². The third-order valence-corrected chi connectivity index (χ3v) is 4.36. The molecule has 1 aromatic carbocycles. The van der Waals surface area contributed by atoms with Crippen molar-refractivity contribution < 1.29 is 9.21 Å². The summed E-state index contributed by atoms with van der Waals surface area (Å²) >= 11 is 0. The van der Waals surface area contributed by atoms with E-state index in [4.69, 9.17) is 4.42 Å². The molecule has 0 saturated carbocycles. The van der Waals surface area contributed by atoms with E-state index in [1.54, 1.807) is 17.0 Å². The van der Waals surface area contributed by atoms with Crippen LogP contribution in [0.25, 0.3) is 17.1 Å². The van der Waals surface area contributed by atoms with Gasteiger partial charge in [-0.3, -0.25) is 4.79 Å². The van der Waals surface area contributed by atoms with Crippen LogP contribution in [0.4, 0.5) is 0 Å². The Labute approximate surface area is 158 Å². The summed E-state index contributed by atoms with van der Waals surface area (Å²) in [5.41, 5.74) is 2.05. The summed E-state index contributed by atoms with van der Waals surface area (Å²) in [6, 6.07) is 15.5. The number of para-hydroxylation sites is 1. The number of nitrogens with zero attached hydrogens (tertiary/aromatic N) is 3. The Kier molecular flexibility index (Phi) is 5.44. The number of furan rings is 1. The predicted octanol–water partition coefficient (Wildman–Crippen LogP) is 2.99. The molecule has 136 valence electrons. The van der Waals surface area contributed by atoms with Crippen LogP contribution in [-0.4, -0.2) is 46.3 Å². The Hall–Kier alpha value is -2.57. The first-order valence-corrected chi connectivity index (χ1v) is 8.44. The van der Waals surface area contributed by atoms with Gasteiger partial charge in [-0.25, -0.2) is 4.68 Å². The number of benzene rings is 1. The van der Waals surface area contributed by atoms with Gasteiger partial charge in [0.2, 0.25) is 0 Å². The molecule has 1 N–H and O–H groups in total. The highest BCUT2D eigenvalue weighted by Crippen LogP contribution is 2.23. The summed E-state index contributed by atoms with van der Waals surface area (Å²) in [5.74, 6) is 0.639. The monoisotopic (exact) mass is 372 g/mol. The SMILES string of the molecule is CC1CN(C(=O)c2cc(-c3ccco3)nn2-c2ccccc2)CCN1.Cl. The van der Waals surface area contributed by atoms with Crippen LogP contribution in [-0.2, 0) is 0 Å². The molecule has 1 aliphatic rings. The van der Waals surface area contributed by atoms with Gasteiger partial charge in [0, 0.05) is 31.7 Å². The van der Waals surface area contributed by atoms with Crippen molar-refractivity contribution in [1.82, 2.24) is 20.0 Å². The van der Waals surface area contributed by atoms with Gasteiger partial charge >= 0.3 is 0 Å². The highest BCUT2D eigenvalue weighted by molar-refractivity contribution is 5.94. The average molecular weight is 373 g/mol. The summed E-state index contributed by atoms with van der Waals surface area (Å²) in [6.45, 7) is 4.27. The molecule has 3 aromatic rings. The van der Waals surface area contributed by atoms with Gasteiger partial charge in [-0.1, -0.05) is 18.2 Å². The lowest BCUT2D eigenvalue weighted by Crippen LogP contribution is -2.51. The number of hydrogen-bond acceptors (Lipinski definition) is 4. The van der Waals surface area contributed by atoms with Crippen molar-refractivity contribution in [3.05, 3.63) is 60.5 Å². The molecule has 1 amide bonds. The number of carbonyl (C=O) groups is 1. The molecule has 4 rings (SSSR count). The Morgan fingerprint density at radius 1 is 1.23 bits per heavy atom. The lowest BCUT2D eigenvalue weighted by Gasteiger charge is -2.31. The number of rotatable bonds is 3. The van der Waals surface area contributed by atoms with Crippen LogP contribution < -0.4 is 5.32 Å². The summed E-state index contributed by atoms with van der Waals surface area (Å²) in [4.78, 5) is 15.0. The molecule has 0 spiro atoms. The van der Waals surface area contributed by atoms with Crippen LogP contribution in [0.1, 0.15) is 17.4 Å². The minimum absolute atomic E-state index is 0. The van der Waals surface area contributed by atoms with Gasteiger partial charge in [-0.15, -0.1) is 12.4 Å². The maximum atomic E-state index is 13.1. The number of aromatic nitrogens is 2. The molecule has 0 aliphatic carbocycles. The van der Waals surface area contributed by atoms with Crippen molar-refractivity contribution in [3.63, 3.8) is 0 Å². The first kappa shape index (κ1) is 18.2. The first-order chi connectivity index (χ1) is 12.2. The van der Waals surface area contributed by atoms with Crippen molar-refractivity contribution in [1.29, 1.82) is 0 Å². The van der Waals surface area contributed by atoms with Crippen LogP contribution in [0, 0.1) is 0 Å². The summed E-state index contributed by atoms with van der Waals surface area (Å²) < 4.78 is 7.16. The van der Waals surface area contributed by atoms with Crippen molar-refractivity contribution in [2.24, 2.45) is 0 Å². The molecule has 3 heterocycles. The molecule has 0 radical (unpaired) electrons. The van der Waals surface area contributed by atoms with E-state index in [1.165, 1.54) is 0 Å². The number of hydrogen-bond donors (Lipinski definition) is 1. The van der Waals surface area contributed by atoms with E-state index in [0.717, 1.165) is 12.2 Å². The third kappa shape index (κ3) is 3.52. The Balaban J connectivity index is 0.00000196. The van der Waals surface area contributed by atoms with Crippen LogP contribution in [0.2, 0.25) is 0 Å². The van der Waals surface area contributed by atoms with Gasteiger partial charge in [0.05, 0.1) is 12.0 Å². The number of halogens is 1. The number of carbonyl (C=O) groups excluding carboxylic acids is 1. The molecule has 1 unspecified atom stereocenters. The van der Waals surface area contributed by atoms with Gasteiger partial charge < -0.3 is 14.6 Å². The topological polar surface area (TPSA) is 63.3 Å². The molecule has 2 aromatic heterocycles. The minimum Gasteiger partial charge on any atom is -0.463 e. The largest absolute Gasteiger partial charge is 0.463 e. The highest BCUT2D eigenvalue weighted by Gasteiger charge is 2.26. The quantitative estimate of drug-likeness (QED) is 0.767. The second kappa shape index (κ2) is 7.76. The van der Waals surface area contributed by atoms with Crippen molar-refractivity contribution in [2.45, 2.75) is 13.0 Å². The van der Waals surface area contributed by atoms with Gasteiger partial charge in [-0.2, -0.15) is 5.10 Å². The summed E-state index contributed by atoms with van der Waals surface area (Å²) in [7, 11) is 0. The average Bonchev–Trinajstić information content (AvgIpc) is 3.31. The minimum atomic E-state index is -0.0116. The highest BCUT2D eigenvalue weighted by atomic mass is 35.5. The van der Waals surface area contributed by atoms with Crippen LogP contribution in [0.15, 0.2) is 59.2 Å². The van der Waals surface area contributed by atoms with E-state index in [-0.39, 0.29) is 24.4 Å². The van der Waals surface area contributed by atoms with E-state index in [1.807, 2.05) is 47.4 Å². The Morgan fingerprint density at radius 3 is 2.73 bits per heavy atom. The fraction of sp³-hybridized carbons (Fsp3) is 0.263. The first-order valence-electron chi connectivity index (χ1n) is 8.44. The summed E-state index contributed by atoms with van der Waals surface area (Å²) in [6.07, 6.45) is 1.61. The van der Waals surface area contributed by atoms with Crippen molar-refractivity contribution in [2.75, 3.05) is 19.6 Å². The molecule has 6 nitrogen and oxygen atoms in total. The lowest BCUT2D eigenvalue weighted by molar-refractivity contribution is 0.0700.